The van der Waals surface area contributed by atoms with E-state index in [1.165, 1.54) is 30.6 Å². The molecule has 0 unspecified atom stereocenters. The van der Waals surface area contributed by atoms with Crippen LogP contribution in [0.2, 0.25) is 0 Å². The minimum absolute atomic E-state index is 0.00473. The average molecular weight is 335 g/mol. The van der Waals surface area contributed by atoms with E-state index in [0.717, 1.165) is 30.6 Å². The van der Waals surface area contributed by atoms with Crippen LogP contribution in [0.15, 0.2) is 17.5 Å². The molecule has 0 radical (unpaired) electrons. The van der Waals surface area contributed by atoms with E-state index in [1.54, 1.807) is 0 Å². The van der Waals surface area contributed by atoms with Gasteiger partial charge in [-0.1, -0.05) is 25.3 Å². The second-order valence-electron chi connectivity index (χ2n) is 6.50. The highest BCUT2D eigenvalue weighted by atomic mass is 32.1. The number of rotatable bonds is 3. The molecule has 2 heterocycles. The van der Waals surface area contributed by atoms with Crippen LogP contribution in [0.4, 0.5) is 4.79 Å². The number of nitrogens with zero attached hydrogens (tertiary/aromatic N) is 1. The van der Waals surface area contributed by atoms with Gasteiger partial charge in [0, 0.05) is 25.2 Å². The Morgan fingerprint density at radius 1 is 1.00 bits per heavy atom. The Bertz CT molecular complexity index is 518. The second-order valence-corrected chi connectivity index (χ2v) is 7.44. The predicted octanol–water partition coefficient (Wildman–Crippen LogP) is 2.98. The molecule has 0 spiro atoms. The van der Waals surface area contributed by atoms with Gasteiger partial charge in [0.15, 0.2) is 0 Å². The highest BCUT2D eigenvalue weighted by molar-refractivity contribution is 7.12. The maximum atomic E-state index is 12.3. The largest absolute Gasteiger partial charge is 0.348 e. The predicted molar refractivity (Wildman–Crippen MR) is 91.8 cm³/mol. The number of hydrogen-bond donors (Lipinski definition) is 2. The van der Waals surface area contributed by atoms with E-state index < -0.39 is 0 Å². The normalized spacial score (nSPS) is 20.3. The quantitative estimate of drug-likeness (QED) is 0.892. The number of urea groups is 1. The molecule has 0 atom stereocenters. The van der Waals surface area contributed by atoms with Crippen molar-refractivity contribution in [3.8, 4) is 0 Å². The molecule has 2 aliphatic rings. The van der Waals surface area contributed by atoms with Gasteiger partial charge in [-0.15, -0.1) is 11.3 Å². The number of thiophene rings is 1. The number of amides is 3. The molecule has 2 N–H and O–H groups in total. The molecule has 1 saturated carbocycles. The van der Waals surface area contributed by atoms with Crippen LogP contribution in [-0.2, 0) is 0 Å². The third kappa shape index (κ3) is 4.47. The van der Waals surface area contributed by atoms with Gasteiger partial charge < -0.3 is 15.5 Å². The van der Waals surface area contributed by atoms with Crippen LogP contribution in [0.5, 0.6) is 0 Å². The Morgan fingerprint density at radius 3 is 2.35 bits per heavy atom. The van der Waals surface area contributed by atoms with E-state index in [0.29, 0.717) is 19.1 Å². The molecule has 1 aromatic rings. The van der Waals surface area contributed by atoms with Crippen LogP contribution < -0.4 is 10.6 Å². The molecule has 1 aliphatic carbocycles. The van der Waals surface area contributed by atoms with E-state index in [1.807, 2.05) is 22.4 Å². The van der Waals surface area contributed by atoms with Gasteiger partial charge in [-0.2, -0.15) is 0 Å². The van der Waals surface area contributed by atoms with Gasteiger partial charge in [0.2, 0.25) is 0 Å². The van der Waals surface area contributed by atoms with E-state index in [4.69, 9.17) is 0 Å². The molecule has 1 aromatic heterocycles. The Kier molecular flexibility index (Phi) is 5.54. The summed E-state index contributed by atoms with van der Waals surface area (Å²) < 4.78 is 0. The van der Waals surface area contributed by atoms with Gasteiger partial charge in [0.25, 0.3) is 5.91 Å². The first-order valence-corrected chi connectivity index (χ1v) is 9.50. The zero-order valence-electron chi connectivity index (χ0n) is 13.4. The highest BCUT2D eigenvalue weighted by Gasteiger charge is 2.26. The third-order valence-corrected chi connectivity index (χ3v) is 5.66. The van der Waals surface area contributed by atoms with Crippen molar-refractivity contribution in [1.29, 1.82) is 0 Å². The molecule has 3 amide bonds. The number of carbonyl (C=O) groups is 2. The number of carbonyl (C=O) groups excluding carboxylic acids is 2. The summed E-state index contributed by atoms with van der Waals surface area (Å²) in [6, 6.07) is 4.32. The molecule has 2 fully saturated rings. The fourth-order valence-corrected chi connectivity index (χ4v) is 4.03. The molecule has 3 rings (SSSR count). The minimum Gasteiger partial charge on any atom is -0.348 e. The summed E-state index contributed by atoms with van der Waals surface area (Å²) in [6.45, 7) is 1.43. The number of nitrogens with one attached hydrogen (secondary N) is 2. The van der Waals surface area contributed by atoms with Gasteiger partial charge in [-0.3, -0.25) is 4.79 Å². The van der Waals surface area contributed by atoms with Crippen molar-refractivity contribution in [2.75, 3.05) is 13.1 Å². The first-order valence-electron chi connectivity index (χ1n) is 8.62. The van der Waals surface area contributed by atoms with Crippen LogP contribution in [0.25, 0.3) is 0 Å². The maximum Gasteiger partial charge on any atom is 0.317 e. The van der Waals surface area contributed by atoms with Gasteiger partial charge in [-0.05, 0) is 37.1 Å². The molecular weight excluding hydrogens is 310 g/mol. The fourth-order valence-electron chi connectivity index (χ4n) is 3.40. The van der Waals surface area contributed by atoms with Gasteiger partial charge in [0.05, 0.1) is 4.88 Å². The topological polar surface area (TPSA) is 61.4 Å². The lowest BCUT2D eigenvalue weighted by molar-refractivity contribution is 0.0921. The lowest BCUT2D eigenvalue weighted by Gasteiger charge is -2.34. The summed E-state index contributed by atoms with van der Waals surface area (Å²) >= 11 is 1.46. The van der Waals surface area contributed by atoms with Crippen molar-refractivity contribution in [2.24, 2.45) is 0 Å². The van der Waals surface area contributed by atoms with Crippen molar-refractivity contribution >= 4 is 23.3 Å². The molecule has 6 heteroatoms. The van der Waals surface area contributed by atoms with Crippen LogP contribution in [-0.4, -0.2) is 42.0 Å². The standard InChI is InChI=1S/C17H25N3O2S/c21-16(15-7-4-12-23-15)18-14-8-10-20(11-9-14)17(22)19-13-5-2-1-3-6-13/h4,7,12-14H,1-3,5-6,8-11H2,(H,18,21)(H,19,22). The van der Waals surface area contributed by atoms with Crippen LogP contribution >= 0.6 is 11.3 Å². The van der Waals surface area contributed by atoms with Crippen molar-refractivity contribution in [3.63, 3.8) is 0 Å². The van der Waals surface area contributed by atoms with E-state index >= 15 is 0 Å². The van der Waals surface area contributed by atoms with E-state index in [9.17, 15) is 9.59 Å². The average Bonchev–Trinajstić information content (AvgIpc) is 3.11. The van der Waals surface area contributed by atoms with Crippen molar-refractivity contribution in [3.05, 3.63) is 22.4 Å². The first-order chi connectivity index (χ1) is 11.2. The zero-order chi connectivity index (χ0) is 16.1. The summed E-state index contributed by atoms with van der Waals surface area (Å²) in [6.07, 6.45) is 7.62. The van der Waals surface area contributed by atoms with Gasteiger partial charge in [0.1, 0.15) is 0 Å². The van der Waals surface area contributed by atoms with Crippen LogP contribution in [0.3, 0.4) is 0 Å². The van der Waals surface area contributed by atoms with Gasteiger partial charge >= 0.3 is 6.03 Å². The third-order valence-electron chi connectivity index (χ3n) is 4.80. The highest BCUT2D eigenvalue weighted by Crippen LogP contribution is 2.18. The second kappa shape index (κ2) is 7.81. The smallest absolute Gasteiger partial charge is 0.317 e. The monoisotopic (exact) mass is 335 g/mol. The molecular formula is C17H25N3O2S. The van der Waals surface area contributed by atoms with Crippen LogP contribution in [0, 0.1) is 0 Å². The lowest BCUT2D eigenvalue weighted by atomic mass is 9.95. The van der Waals surface area contributed by atoms with Crippen molar-refractivity contribution < 1.29 is 9.59 Å². The minimum atomic E-state index is 0.00473. The van der Waals surface area contributed by atoms with E-state index in [-0.39, 0.29) is 18.0 Å². The molecule has 23 heavy (non-hydrogen) atoms. The molecule has 0 aromatic carbocycles. The summed E-state index contributed by atoms with van der Waals surface area (Å²) in [5.74, 6) is 0.00473. The zero-order valence-corrected chi connectivity index (χ0v) is 14.2. The molecule has 1 saturated heterocycles. The van der Waals surface area contributed by atoms with E-state index in [2.05, 4.69) is 10.6 Å². The Balaban J connectivity index is 1.41. The molecule has 126 valence electrons. The lowest BCUT2D eigenvalue weighted by Crippen LogP contribution is -2.51. The SMILES string of the molecule is O=C(NC1CCN(C(=O)NC2CCCCC2)CC1)c1cccs1. The van der Waals surface area contributed by atoms with Crippen molar-refractivity contribution in [1.82, 2.24) is 15.5 Å². The molecule has 5 nitrogen and oxygen atoms in total. The summed E-state index contributed by atoms with van der Waals surface area (Å²) in [7, 11) is 0. The van der Waals surface area contributed by atoms with Gasteiger partial charge in [-0.25, -0.2) is 4.79 Å². The summed E-state index contributed by atoms with van der Waals surface area (Å²) in [4.78, 5) is 27.0. The Hall–Kier alpha value is -1.56. The first kappa shape index (κ1) is 16.3. The Labute approximate surface area is 141 Å². The maximum absolute atomic E-state index is 12.3. The molecule has 1 aliphatic heterocycles. The van der Waals surface area contributed by atoms with Crippen molar-refractivity contribution in [2.45, 2.75) is 57.0 Å². The Morgan fingerprint density at radius 2 is 1.70 bits per heavy atom. The number of likely N-dealkylation sites (tertiary alicyclic amines) is 1. The summed E-state index contributed by atoms with van der Waals surface area (Å²) in [5.41, 5.74) is 0. The summed E-state index contributed by atoms with van der Waals surface area (Å²) in [5, 5.41) is 8.15. The molecule has 0 bridgehead atoms. The van der Waals surface area contributed by atoms with Crippen LogP contribution in [0.1, 0.15) is 54.6 Å². The fraction of sp³-hybridized carbons (Fsp3) is 0.647. The number of hydrogen-bond acceptors (Lipinski definition) is 3. The number of piperidine rings is 1.